The molecular weight excluding hydrogens is 226 g/mol. The summed E-state index contributed by atoms with van der Waals surface area (Å²) in [5, 5.41) is 0. The monoisotopic (exact) mass is 249 g/mol. The number of unbranched alkanes of at least 4 members (excludes halogenated alkanes) is 2. The Morgan fingerprint density at radius 2 is 1.89 bits per heavy atom. The average molecular weight is 249 g/mol. The summed E-state index contributed by atoms with van der Waals surface area (Å²) in [6.07, 6.45) is 8.99. The van der Waals surface area contributed by atoms with Gasteiger partial charge in [0.2, 0.25) is 0 Å². The first-order valence-electron chi connectivity index (χ1n) is 6.83. The van der Waals surface area contributed by atoms with Crippen LogP contribution in [0.4, 0.5) is 5.82 Å². The van der Waals surface area contributed by atoms with E-state index in [1.165, 1.54) is 19.4 Å². The van der Waals surface area contributed by atoms with E-state index in [0.29, 0.717) is 0 Å². The molecule has 1 fully saturated rings. The number of piperazine rings is 1. The van der Waals surface area contributed by atoms with Gasteiger partial charge in [0.1, 0.15) is 5.82 Å². The minimum Gasteiger partial charge on any atom is -0.353 e. The van der Waals surface area contributed by atoms with Crippen molar-refractivity contribution in [2.45, 2.75) is 19.3 Å². The van der Waals surface area contributed by atoms with Crippen molar-refractivity contribution in [1.82, 2.24) is 14.9 Å². The van der Waals surface area contributed by atoms with Gasteiger partial charge >= 0.3 is 0 Å². The van der Waals surface area contributed by atoms with E-state index >= 15 is 0 Å². The van der Waals surface area contributed by atoms with Gasteiger partial charge in [-0.1, -0.05) is 6.42 Å². The Labute approximate surface area is 109 Å². The third-order valence-electron chi connectivity index (χ3n) is 3.42. The lowest BCUT2D eigenvalue weighted by Crippen LogP contribution is -2.46. The molecule has 0 radical (unpaired) electrons. The Morgan fingerprint density at radius 3 is 2.56 bits per heavy atom. The fourth-order valence-electron chi connectivity index (χ4n) is 2.31. The molecule has 0 saturated carbocycles. The lowest BCUT2D eigenvalue weighted by Gasteiger charge is -2.35. The molecule has 0 spiro atoms. The molecule has 2 heterocycles. The fraction of sp³-hybridized carbons (Fsp3) is 0.692. The summed E-state index contributed by atoms with van der Waals surface area (Å²) >= 11 is 0. The molecule has 1 aliphatic heterocycles. The van der Waals surface area contributed by atoms with Crippen molar-refractivity contribution >= 4 is 5.82 Å². The first-order chi connectivity index (χ1) is 8.90. The van der Waals surface area contributed by atoms with Gasteiger partial charge < -0.3 is 10.6 Å². The van der Waals surface area contributed by atoms with Crippen molar-refractivity contribution in [3.05, 3.63) is 18.6 Å². The summed E-state index contributed by atoms with van der Waals surface area (Å²) in [4.78, 5) is 13.3. The summed E-state index contributed by atoms with van der Waals surface area (Å²) in [7, 11) is 0. The molecule has 100 valence electrons. The smallest absolute Gasteiger partial charge is 0.147 e. The van der Waals surface area contributed by atoms with E-state index in [0.717, 1.165) is 45.0 Å². The molecular formula is C13H23N5. The van der Waals surface area contributed by atoms with Crippen LogP contribution in [-0.2, 0) is 0 Å². The summed E-state index contributed by atoms with van der Waals surface area (Å²) in [6, 6.07) is 0. The van der Waals surface area contributed by atoms with Crippen LogP contribution in [0.5, 0.6) is 0 Å². The molecule has 5 nitrogen and oxygen atoms in total. The highest BCUT2D eigenvalue weighted by atomic mass is 15.3. The van der Waals surface area contributed by atoms with Crippen LogP contribution in [0.2, 0.25) is 0 Å². The van der Waals surface area contributed by atoms with Crippen LogP contribution in [0.3, 0.4) is 0 Å². The van der Waals surface area contributed by atoms with E-state index in [9.17, 15) is 0 Å². The third kappa shape index (κ3) is 3.92. The molecule has 1 aliphatic rings. The van der Waals surface area contributed by atoms with Gasteiger partial charge in [-0.2, -0.15) is 0 Å². The fourth-order valence-corrected chi connectivity index (χ4v) is 2.31. The van der Waals surface area contributed by atoms with Crippen LogP contribution >= 0.6 is 0 Å². The van der Waals surface area contributed by atoms with E-state index in [2.05, 4.69) is 19.8 Å². The number of aromatic nitrogens is 2. The van der Waals surface area contributed by atoms with E-state index in [4.69, 9.17) is 5.73 Å². The van der Waals surface area contributed by atoms with Crippen LogP contribution < -0.4 is 10.6 Å². The molecule has 1 aromatic heterocycles. The number of nitrogens with zero attached hydrogens (tertiary/aromatic N) is 4. The van der Waals surface area contributed by atoms with Crippen molar-refractivity contribution < 1.29 is 0 Å². The molecule has 0 bridgehead atoms. The summed E-state index contributed by atoms with van der Waals surface area (Å²) < 4.78 is 0. The van der Waals surface area contributed by atoms with E-state index < -0.39 is 0 Å². The molecule has 0 aliphatic carbocycles. The predicted octanol–water partition coefficient (Wildman–Crippen LogP) is 0.728. The Hall–Kier alpha value is -1.20. The van der Waals surface area contributed by atoms with Crippen LogP contribution in [-0.4, -0.2) is 54.1 Å². The second kappa shape index (κ2) is 7.28. The maximum atomic E-state index is 5.50. The normalized spacial score (nSPS) is 17.1. The largest absolute Gasteiger partial charge is 0.353 e. The van der Waals surface area contributed by atoms with Gasteiger partial charge in [0.05, 0.1) is 6.20 Å². The molecule has 0 unspecified atom stereocenters. The van der Waals surface area contributed by atoms with E-state index in [1.807, 2.05) is 6.20 Å². The Kier molecular flexibility index (Phi) is 5.36. The first kappa shape index (κ1) is 13.2. The highest BCUT2D eigenvalue weighted by Gasteiger charge is 2.17. The van der Waals surface area contributed by atoms with Gasteiger partial charge in [0.15, 0.2) is 0 Å². The highest BCUT2D eigenvalue weighted by Crippen LogP contribution is 2.11. The molecule has 2 N–H and O–H groups in total. The maximum absolute atomic E-state index is 5.50. The highest BCUT2D eigenvalue weighted by molar-refractivity contribution is 5.35. The molecule has 1 aromatic rings. The minimum atomic E-state index is 0.820. The van der Waals surface area contributed by atoms with Gasteiger partial charge in [-0.3, -0.25) is 9.88 Å². The molecule has 2 rings (SSSR count). The molecule has 5 heteroatoms. The van der Waals surface area contributed by atoms with Gasteiger partial charge in [-0.05, 0) is 25.9 Å². The standard InChI is InChI=1S/C13H23N5/c14-4-2-1-3-7-17-8-10-18(11-9-17)13-12-15-5-6-16-13/h5-6,12H,1-4,7-11,14H2. The van der Waals surface area contributed by atoms with Crippen LogP contribution in [0.15, 0.2) is 18.6 Å². The second-order valence-corrected chi connectivity index (χ2v) is 4.74. The quantitative estimate of drug-likeness (QED) is 0.753. The number of anilines is 1. The van der Waals surface area contributed by atoms with Crippen molar-refractivity contribution in [1.29, 1.82) is 0 Å². The number of hydrogen-bond donors (Lipinski definition) is 1. The zero-order valence-electron chi connectivity index (χ0n) is 11.0. The number of rotatable bonds is 6. The third-order valence-corrected chi connectivity index (χ3v) is 3.42. The van der Waals surface area contributed by atoms with Crippen molar-refractivity contribution in [2.24, 2.45) is 5.73 Å². The van der Waals surface area contributed by atoms with Gasteiger partial charge in [-0.15, -0.1) is 0 Å². The van der Waals surface area contributed by atoms with Gasteiger partial charge in [0, 0.05) is 38.6 Å². The summed E-state index contributed by atoms with van der Waals surface area (Å²) in [5.41, 5.74) is 5.50. The van der Waals surface area contributed by atoms with Gasteiger partial charge in [-0.25, -0.2) is 4.98 Å². The topological polar surface area (TPSA) is 58.3 Å². The molecule has 18 heavy (non-hydrogen) atoms. The number of nitrogens with two attached hydrogens (primary N) is 1. The summed E-state index contributed by atoms with van der Waals surface area (Å²) in [5.74, 6) is 1.00. The zero-order chi connectivity index (χ0) is 12.6. The minimum absolute atomic E-state index is 0.820. The van der Waals surface area contributed by atoms with Crippen molar-refractivity contribution in [2.75, 3.05) is 44.2 Å². The van der Waals surface area contributed by atoms with Crippen LogP contribution in [0, 0.1) is 0 Å². The van der Waals surface area contributed by atoms with Crippen molar-refractivity contribution in [3.8, 4) is 0 Å². The average Bonchev–Trinajstić information content (AvgIpc) is 2.45. The van der Waals surface area contributed by atoms with Crippen LogP contribution in [0.1, 0.15) is 19.3 Å². The van der Waals surface area contributed by atoms with E-state index in [-0.39, 0.29) is 0 Å². The van der Waals surface area contributed by atoms with Crippen LogP contribution in [0.25, 0.3) is 0 Å². The van der Waals surface area contributed by atoms with E-state index in [1.54, 1.807) is 12.4 Å². The number of hydrogen-bond acceptors (Lipinski definition) is 5. The molecule has 0 aromatic carbocycles. The summed E-state index contributed by atoms with van der Waals surface area (Å²) in [6.45, 7) is 6.37. The Bertz CT molecular complexity index is 321. The second-order valence-electron chi connectivity index (χ2n) is 4.74. The lowest BCUT2D eigenvalue weighted by molar-refractivity contribution is 0.252. The first-order valence-corrected chi connectivity index (χ1v) is 6.83. The predicted molar refractivity (Wildman–Crippen MR) is 73.6 cm³/mol. The SMILES string of the molecule is NCCCCCN1CCN(c2cnccn2)CC1. The molecule has 0 amide bonds. The zero-order valence-corrected chi connectivity index (χ0v) is 11.0. The Balaban J connectivity index is 1.68. The maximum Gasteiger partial charge on any atom is 0.147 e. The van der Waals surface area contributed by atoms with Crippen molar-refractivity contribution in [3.63, 3.8) is 0 Å². The van der Waals surface area contributed by atoms with Gasteiger partial charge in [0.25, 0.3) is 0 Å². The molecule has 1 saturated heterocycles. The lowest BCUT2D eigenvalue weighted by atomic mass is 10.2. The Morgan fingerprint density at radius 1 is 1.06 bits per heavy atom. The molecule has 0 atom stereocenters.